The molecule has 4 aromatic carbocycles. The monoisotopic (exact) mass is 1690 g/mol. The Kier molecular flexibility index (Phi) is 37.9. The Labute approximate surface area is 715 Å². The Balaban J connectivity index is 0.000000183. The van der Waals surface area contributed by atoms with E-state index in [-0.39, 0.29) is 129 Å². The molecule has 0 radical (unpaired) electrons. The van der Waals surface area contributed by atoms with Crippen LogP contribution >= 0.6 is 0 Å². The molecule has 121 heavy (non-hydrogen) atoms. The molecule has 4 saturated carbocycles. The number of esters is 4. The van der Waals surface area contributed by atoms with Crippen molar-refractivity contribution in [3.63, 3.8) is 0 Å². The summed E-state index contributed by atoms with van der Waals surface area (Å²) < 4.78 is 44.5. The van der Waals surface area contributed by atoms with Crippen molar-refractivity contribution < 1.29 is 117 Å². The molecule has 8 aliphatic rings. The van der Waals surface area contributed by atoms with Crippen LogP contribution in [0.15, 0.2) is 72.8 Å². The second kappa shape index (κ2) is 47.5. The van der Waals surface area contributed by atoms with E-state index in [1.807, 2.05) is 97.0 Å². The number of hydrogen-bond acceptors (Lipinski definition) is 20. The van der Waals surface area contributed by atoms with Gasteiger partial charge in [-0.2, -0.15) is 0 Å². The number of carbonyl (C=O) groups is 8. The van der Waals surface area contributed by atoms with Crippen LogP contribution in [0.4, 0.5) is 0 Å². The minimum Gasteiger partial charge on any atom is -0.482 e. The van der Waals surface area contributed by atoms with E-state index in [1.165, 1.54) is 22.3 Å². The zero-order valence-corrected chi connectivity index (χ0v) is 72.9. The maximum Gasteiger partial charge on any atom is 0.341 e. The number of aliphatic hydroxyl groups excluding tert-OH is 4. The Morgan fingerprint density at radius 3 is 0.851 bits per heavy atom. The van der Waals surface area contributed by atoms with E-state index in [9.17, 15) is 58.8 Å². The summed E-state index contributed by atoms with van der Waals surface area (Å²) in [5.41, 5.74) is 9.14. The molecule has 4 aromatic rings. The number of carboxylic acids is 4. The van der Waals surface area contributed by atoms with Gasteiger partial charge >= 0.3 is 47.8 Å². The third-order valence-electron chi connectivity index (χ3n) is 27.1. The maximum atomic E-state index is 12.1. The highest BCUT2D eigenvalue weighted by Crippen LogP contribution is 2.53. The van der Waals surface area contributed by atoms with Crippen molar-refractivity contribution in [3.8, 4) is 23.0 Å². The van der Waals surface area contributed by atoms with Gasteiger partial charge in [0.15, 0.2) is 26.4 Å². The first-order chi connectivity index (χ1) is 58.0. The van der Waals surface area contributed by atoms with Gasteiger partial charge in [-0.25, -0.2) is 19.2 Å². The molecule has 0 aliphatic heterocycles. The van der Waals surface area contributed by atoms with Crippen molar-refractivity contribution in [1.82, 2.24) is 0 Å². The average Bonchev–Trinajstić information content (AvgIpc) is 1.67. The largest absolute Gasteiger partial charge is 0.482 e. The molecule has 24 heteroatoms. The number of unbranched alkanes of at least 4 members (excludes halogenated alkanes) is 1. The second-order valence-electron chi connectivity index (χ2n) is 35.7. The number of fused-ring (bicyclic) bond motifs is 8. The quantitative estimate of drug-likeness (QED) is 0.0151. The molecule has 8 aliphatic carbocycles. The van der Waals surface area contributed by atoms with Crippen LogP contribution in [0.5, 0.6) is 23.0 Å². The van der Waals surface area contributed by atoms with E-state index < -0.39 is 23.9 Å². The smallest absolute Gasteiger partial charge is 0.341 e. The summed E-state index contributed by atoms with van der Waals surface area (Å²) in [5, 5.41) is 78.8. The van der Waals surface area contributed by atoms with Gasteiger partial charge in [-0.3, -0.25) is 19.2 Å². The summed E-state index contributed by atoms with van der Waals surface area (Å²) in [7, 11) is 0. The van der Waals surface area contributed by atoms with Gasteiger partial charge in [0.1, 0.15) is 47.4 Å². The van der Waals surface area contributed by atoms with E-state index >= 15 is 0 Å². The van der Waals surface area contributed by atoms with Gasteiger partial charge < -0.3 is 78.7 Å². The zero-order chi connectivity index (χ0) is 87.6. The van der Waals surface area contributed by atoms with Crippen LogP contribution < -0.4 is 18.9 Å². The number of aliphatic carboxylic acids is 4. The van der Waals surface area contributed by atoms with E-state index in [0.29, 0.717) is 96.0 Å². The topological polar surface area (TPSA) is 372 Å². The van der Waals surface area contributed by atoms with Gasteiger partial charge in [0.25, 0.3) is 0 Å². The summed E-state index contributed by atoms with van der Waals surface area (Å²) in [6.45, 7) is 16.6. The highest BCUT2D eigenvalue weighted by Gasteiger charge is 2.50. The van der Waals surface area contributed by atoms with Gasteiger partial charge in [0.2, 0.25) is 0 Å². The summed E-state index contributed by atoms with van der Waals surface area (Å²) in [6.07, 6.45) is 22.1. The van der Waals surface area contributed by atoms with Crippen LogP contribution in [0.25, 0.3) is 0 Å². The number of hydrogen-bond donors (Lipinski definition) is 8. The molecule has 0 spiro atoms. The predicted molar refractivity (Wildman–Crippen MR) is 454 cm³/mol. The molecule has 4 fully saturated rings. The number of rotatable bonds is 40. The summed E-state index contributed by atoms with van der Waals surface area (Å²) in [4.78, 5) is 91.0. The minimum atomic E-state index is -0.984. The van der Waals surface area contributed by atoms with Crippen LogP contribution in [0.2, 0.25) is 0 Å². The molecule has 0 saturated heterocycles. The number of aliphatic hydroxyl groups is 4. The third-order valence-corrected chi connectivity index (χ3v) is 27.1. The highest BCUT2D eigenvalue weighted by atomic mass is 16.6. The van der Waals surface area contributed by atoms with Gasteiger partial charge in [-0.05, 0) is 313 Å². The molecule has 8 N–H and O–H groups in total. The lowest BCUT2D eigenvalue weighted by atomic mass is 9.73. The minimum absolute atomic E-state index is 0.0810. The lowest BCUT2D eigenvalue weighted by Gasteiger charge is -2.32. The molecular formula is C97H138O24. The molecule has 0 aromatic heterocycles. The van der Waals surface area contributed by atoms with E-state index in [2.05, 4.69) is 31.2 Å². The van der Waals surface area contributed by atoms with Crippen molar-refractivity contribution in [2.24, 2.45) is 76.9 Å². The first kappa shape index (κ1) is 96.5. The van der Waals surface area contributed by atoms with Gasteiger partial charge in [-0.1, -0.05) is 117 Å². The zero-order valence-electron chi connectivity index (χ0n) is 72.9. The van der Waals surface area contributed by atoms with Gasteiger partial charge in [0, 0.05) is 25.7 Å². The summed E-state index contributed by atoms with van der Waals surface area (Å²) in [6, 6.07) is 23.3. The molecule has 0 unspecified atom stereocenters. The second-order valence-corrected chi connectivity index (χ2v) is 35.7. The molecule has 12 rings (SSSR count). The lowest BCUT2D eigenvalue weighted by Crippen LogP contribution is -2.28. The van der Waals surface area contributed by atoms with Crippen molar-refractivity contribution in [2.75, 3.05) is 26.4 Å². The fourth-order valence-electron chi connectivity index (χ4n) is 21.1. The number of benzene rings is 4. The Morgan fingerprint density at radius 2 is 0.612 bits per heavy atom. The maximum absolute atomic E-state index is 12.1. The van der Waals surface area contributed by atoms with Crippen LogP contribution in [0.3, 0.4) is 0 Å². The lowest BCUT2D eigenvalue weighted by molar-refractivity contribution is -0.151. The molecule has 0 amide bonds. The van der Waals surface area contributed by atoms with Crippen molar-refractivity contribution >= 4 is 47.8 Å². The van der Waals surface area contributed by atoms with Crippen LogP contribution in [-0.2, 0) is 109 Å². The van der Waals surface area contributed by atoms with Gasteiger partial charge in [-0.15, -0.1) is 0 Å². The molecule has 24 nitrogen and oxygen atoms in total. The van der Waals surface area contributed by atoms with E-state index in [0.717, 1.165) is 196 Å². The van der Waals surface area contributed by atoms with Gasteiger partial charge in [0.05, 0.1) is 24.4 Å². The van der Waals surface area contributed by atoms with Crippen LogP contribution in [-0.4, -0.2) is 164 Å². The molecule has 0 bridgehead atoms. The van der Waals surface area contributed by atoms with E-state index in [1.54, 1.807) is 6.92 Å². The number of ether oxygens (including phenoxy) is 8. The predicted octanol–water partition coefficient (Wildman–Crippen LogP) is 15.3. The fourth-order valence-corrected chi connectivity index (χ4v) is 21.1. The highest BCUT2D eigenvalue weighted by molar-refractivity contribution is 5.72. The van der Waals surface area contributed by atoms with Crippen molar-refractivity contribution in [1.29, 1.82) is 0 Å². The summed E-state index contributed by atoms with van der Waals surface area (Å²) in [5.74, 6) is 2.27. The van der Waals surface area contributed by atoms with Crippen LogP contribution in [0.1, 0.15) is 255 Å². The summed E-state index contributed by atoms with van der Waals surface area (Å²) >= 11 is 0. The Bertz CT molecular complexity index is 4020. The first-order valence-corrected chi connectivity index (χ1v) is 45.4. The fraction of sp³-hybridized carbons (Fsp3) is 0.670. The standard InChI is InChI=1S/2C25H36O6.C24H34O6.C23H32O6/c1-4-18(31-25(29)10-15(2)3)8-9-19-20-11-16-6-5-7-23(30-14-24(27)28)21(16)12-17(20)13-22(19)26;1-3-5-9-25(29)31-18(4-2)10-11-19-20-12-16-7-6-8-23(30-15-24(27)28)21(16)13-17(20)14-22(19)26;1-3-6-24(28)30-17(4-2)9-10-18-19-11-15-7-5-8-22(29-14-23(26)27)20(15)12-16(19)13-21(18)25;1-3-16(29-23(27)4-2)8-9-17-18-10-14-6-5-7-21(28-13-22(25)26)19(14)11-15(18)12-20(17)24/h5-7,15,17-20,22,26H,4,8-14H2,1-3H3,(H,27,28);6-8,17-20,22,26H,3-5,9-15H2,1-2H3,(H,27,28);5,7-8,16-19,21,25H,3-4,6,9-14H2,1-2H3,(H,26,27);5-7,15-18,20,24H,3-4,8-13H2,1-2H3,(H,25,26)/t2*17-,18-,19+,20-,22+;16-,17-,18+,19-,21+;15-,16-,17+,18-,20+/m0000/s1. The number of carboxylic acid groups (broad SMARTS) is 4. The Hall–Kier alpha value is -8.32. The molecular weight excluding hydrogens is 1550 g/mol. The molecule has 0 heterocycles. The average molecular weight is 1690 g/mol. The third kappa shape index (κ3) is 27.6. The van der Waals surface area contributed by atoms with Crippen molar-refractivity contribution in [2.45, 2.75) is 310 Å². The molecule has 670 valence electrons. The number of carbonyl (C=O) groups excluding carboxylic acids is 4. The Morgan fingerprint density at radius 1 is 0.347 bits per heavy atom. The normalized spacial score (nSPS) is 25.8. The van der Waals surface area contributed by atoms with Crippen LogP contribution in [0, 0.1) is 76.9 Å². The van der Waals surface area contributed by atoms with Crippen molar-refractivity contribution in [3.05, 3.63) is 117 Å². The van der Waals surface area contributed by atoms with E-state index in [4.69, 9.17) is 58.3 Å². The SMILES string of the molecule is CCC(=O)O[C@@H](CC)CC[C@@H]1[C@H]2Cc3cccc(OCC(=O)O)c3C[C@H]2C[C@H]1O.CCCC(=O)O[C@@H](CC)CC[C@@H]1[C@H]2Cc3cccc(OCC(=O)O)c3C[C@H]2C[C@H]1O.CCCCC(=O)O[C@@H](CC)CC[C@@H]1[C@H]2Cc3cccc(OCC(=O)O)c3C[C@H]2C[C@H]1O.CC[C@@H](CC[C@@H]1[C@H]2Cc3cccc(OCC(=O)O)c3C[C@H]2C[C@H]1O)OC(=O)CC(C)C. The first-order valence-electron chi connectivity index (χ1n) is 45.4. The molecule has 20 atom stereocenters.